The van der Waals surface area contributed by atoms with Gasteiger partial charge in [0.25, 0.3) is 11.8 Å². The molecule has 0 saturated heterocycles. The number of carbonyl (C=O) groups excluding carboxylic acids is 2. The Kier molecular flexibility index (Phi) is 5.83. The van der Waals surface area contributed by atoms with Crippen molar-refractivity contribution in [1.29, 1.82) is 0 Å². The van der Waals surface area contributed by atoms with Crippen molar-refractivity contribution in [1.82, 2.24) is 19.9 Å². The number of amides is 2. The fourth-order valence-corrected chi connectivity index (χ4v) is 5.08. The Balaban J connectivity index is 1.49. The summed E-state index contributed by atoms with van der Waals surface area (Å²) < 4.78 is 5.82. The first-order valence-corrected chi connectivity index (χ1v) is 12.2. The summed E-state index contributed by atoms with van der Waals surface area (Å²) in [7, 11) is 4.04. The van der Waals surface area contributed by atoms with Crippen molar-refractivity contribution in [2.75, 3.05) is 32.7 Å². The Morgan fingerprint density at radius 2 is 1.88 bits per heavy atom. The smallest absolute Gasteiger partial charge is 0.275 e. The fraction of sp³-hybridized carbons (Fsp3) is 0.360. The van der Waals surface area contributed by atoms with Gasteiger partial charge in [0.05, 0.1) is 5.39 Å². The second-order valence-corrected chi connectivity index (χ2v) is 10.0. The van der Waals surface area contributed by atoms with Gasteiger partial charge in [-0.05, 0) is 76.2 Å². The van der Waals surface area contributed by atoms with E-state index in [9.17, 15) is 9.59 Å². The lowest BCUT2D eigenvalue weighted by Gasteiger charge is -2.17. The zero-order chi connectivity index (χ0) is 24.0. The molecule has 0 bridgehead atoms. The standard InChI is InChI=1S/C25H27N5O3S/c1-14-13-19(31)30(25(14)32)28-23-20-15(2)21(34-24(20)27-22(26-23)17-5-6-17)16-7-9-18(10-8-16)33-12-11-29(3)4/h7-10,13,17H,5-6,11-12H2,1-4H3,(H,26,27,28). The predicted octanol–water partition coefficient (Wildman–Crippen LogP) is 4.13. The Morgan fingerprint density at radius 1 is 1.15 bits per heavy atom. The highest BCUT2D eigenvalue weighted by molar-refractivity contribution is 7.22. The van der Waals surface area contributed by atoms with Crippen LogP contribution in [0.3, 0.4) is 0 Å². The first-order chi connectivity index (χ1) is 16.3. The Bertz CT molecular complexity index is 1310. The van der Waals surface area contributed by atoms with Crippen molar-refractivity contribution < 1.29 is 14.3 Å². The number of imide groups is 1. The highest BCUT2D eigenvalue weighted by Crippen LogP contribution is 2.44. The van der Waals surface area contributed by atoms with E-state index in [-0.39, 0.29) is 11.8 Å². The monoisotopic (exact) mass is 477 g/mol. The molecule has 176 valence electrons. The third kappa shape index (κ3) is 4.28. The number of fused-ring (bicyclic) bond motifs is 1. The summed E-state index contributed by atoms with van der Waals surface area (Å²) in [5.41, 5.74) is 5.47. The number of likely N-dealkylation sites (N-methyl/N-ethyl adjacent to an activating group) is 1. The molecule has 0 unspecified atom stereocenters. The Morgan fingerprint density at radius 3 is 2.50 bits per heavy atom. The molecule has 9 heteroatoms. The third-order valence-electron chi connectivity index (χ3n) is 5.99. The summed E-state index contributed by atoms with van der Waals surface area (Å²) in [6.45, 7) is 5.14. The number of nitrogens with one attached hydrogen (secondary N) is 1. The molecule has 2 aliphatic rings. The molecule has 34 heavy (non-hydrogen) atoms. The van der Waals surface area contributed by atoms with Crippen molar-refractivity contribution in [3.63, 3.8) is 0 Å². The van der Waals surface area contributed by atoms with Gasteiger partial charge in [-0.1, -0.05) is 0 Å². The second kappa shape index (κ2) is 8.81. The number of benzene rings is 1. The van der Waals surface area contributed by atoms with Gasteiger partial charge in [0.15, 0.2) is 5.82 Å². The number of carbonyl (C=O) groups is 2. The third-order valence-corrected chi connectivity index (χ3v) is 7.23. The normalized spacial score (nSPS) is 16.0. The topological polar surface area (TPSA) is 87.7 Å². The molecule has 1 aliphatic carbocycles. The lowest BCUT2D eigenvalue weighted by atomic mass is 10.1. The molecule has 0 radical (unpaired) electrons. The highest BCUT2D eigenvalue weighted by atomic mass is 32.1. The van der Waals surface area contributed by atoms with Crippen molar-refractivity contribution >= 4 is 39.2 Å². The number of ether oxygens (including phenoxy) is 1. The summed E-state index contributed by atoms with van der Waals surface area (Å²) in [5.74, 6) is 1.68. The first-order valence-electron chi connectivity index (χ1n) is 11.3. The maximum atomic E-state index is 12.5. The molecule has 8 nitrogen and oxygen atoms in total. The molecule has 2 aromatic heterocycles. The van der Waals surface area contributed by atoms with Gasteiger partial charge in [0, 0.05) is 29.0 Å². The van der Waals surface area contributed by atoms with Crippen molar-refractivity contribution in [3.05, 3.63) is 47.3 Å². The van der Waals surface area contributed by atoms with Crippen LogP contribution >= 0.6 is 11.3 Å². The van der Waals surface area contributed by atoms with Gasteiger partial charge in [0.2, 0.25) is 0 Å². The average Bonchev–Trinajstić information content (AvgIpc) is 3.56. The molecule has 1 N–H and O–H groups in total. The van der Waals surface area contributed by atoms with E-state index in [2.05, 4.69) is 10.3 Å². The number of hydrazine groups is 1. The molecule has 1 fully saturated rings. The van der Waals surface area contributed by atoms with E-state index in [1.807, 2.05) is 45.3 Å². The van der Waals surface area contributed by atoms with Gasteiger partial charge >= 0.3 is 0 Å². The summed E-state index contributed by atoms with van der Waals surface area (Å²) in [5, 5.41) is 1.87. The van der Waals surface area contributed by atoms with Crippen LogP contribution in [0.25, 0.3) is 20.7 Å². The average molecular weight is 478 g/mol. The highest BCUT2D eigenvalue weighted by Gasteiger charge is 2.32. The minimum atomic E-state index is -0.389. The van der Waals surface area contributed by atoms with Gasteiger partial charge in [0.1, 0.15) is 23.0 Å². The minimum Gasteiger partial charge on any atom is -0.492 e. The van der Waals surface area contributed by atoms with E-state index in [0.717, 1.165) is 62.2 Å². The van der Waals surface area contributed by atoms with Gasteiger partial charge in [-0.3, -0.25) is 15.0 Å². The van der Waals surface area contributed by atoms with Crippen LogP contribution in [0.4, 0.5) is 5.82 Å². The van der Waals surface area contributed by atoms with Crippen LogP contribution in [0.2, 0.25) is 0 Å². The van der Waals surface area contributed by atoms with Crippen LogP contribution < -0.4 is 10.2 Å². The van der Waals surface area contributed by atoms with Gasteiger partial charge < -0.3 is 9.64 Å². The summed E-state index contributed by atoms with van der Waals surface area (Å²) in [6, 6.07) is 8.05. The van der Waals surface area contributed by atoms with Crippen molar-refractivity contribution in [2.24, 2.45) is 0 Å². The molecule has 1 saturated carbocycles. The quantitative estimate of drug-likeness (QED) is 0.488. The molecule has 2 amide bonds. The summed E-state index contributed by atoms with van der Waals surface area (Å²) in [4.78, 5) is 38.4. The van der Waals surface area contributed by atoms with E-state index in [0.29, 0.717) is 23.9 Å². The van der Waals surface area contributed by atoms with Crippen molar-refractivity contribution in [2.45, 2.75) is 32.6 Å². The van der Waals surface area contributed by atoms with Crippen LogP contribution in [0.1, 0.15) is 37.1 Å². The first kappa shape index (κ1) is 22.5. The molecule has 5 rings (SSSR count). The Hall–Kier alpha value is -3.30. The molecule has 0 atom stereocenters. The van der Waals surface area contributed by atoms with Gasteiger partial charge in [-0.25, -0.2) is 9.97 Å². The molecule has 1 aliphatic heterocycles. The lowest BCUT2D eigenvalue weighted by molar-refractivity contribution is -0.135. The van der Waals surface area contributed by atoms with Gasteiger partial charge in [-0.2, -0.15) is 5.01 Å². The van der Waals surface area contributed by atoms with Crippen LogP contribution in [0, 0.1) is 6.92 Å². The number of thiophene rings is 1. The van der Waals surface area contributed by atoms with E-state index < -0.39 is 0 Å². The Labute approximate surface area is 202 Å². The predicted molar refractivity (Wildman–Crippen MR) is 133 cm³/mol. The second-order valence-electron chi connectivity index (χ2n) is 9.04. The number of aromatic nitrogens is 2. The lowest BCUT2D eigenvalue weighted by Crippen LogP contribution is -2.36. The molecule has 1 aromatic carbocycles. The van der Waals surface area contributed by atoms with Crippen LogP contribution in [-0.2, 0) is 9.59 Å². The van der Waals surface area contributed by atoms with Crippen LogP contribution in [-0.4, -0.2) is 58.9 Å². The zero-order valence-corrected chi connectivity index (χ0v) is 20.5. The SMILES string of the molecule is CC1=CC(=O)N(Nc2nc(C3CC3)nc3sc(-c4ccc(OCCN(C)C)cc4)c(C)c23)C1=O. The molecular formula is C25H27N5O3S. The van der Waals surface area contributed by atoms with Crippen LogP contribution in [0.15, 0.2) is 35.9 Å². The molecule has 3 heterocycles. The largest absolute Gasteiger partial charge is 0.492 e. The van der Waals surface area contributed by atoms with Gasteiger partial charge in [-0.15, -0.1) is 11.3 Å². The van der Waals surface area contributed by atoms with Crippen LogP contribution in [0.5, 0.6) is 5.75 Å². The molecule has 3 aromatic rings. The fourth-order valence-electron chi connectivity index (χ4n) is 3.88. The number of hydrogen-bond donors (Lipinski definition) is 1. The zero-order valence-electron chi connectivity index (χ0n) is 19.7. The maximum absolute atomic E-state index is 12.5. The van der Waals surface area contributed by atoms with Crippen molar-refractivity contribution in [3.8, 4) is 16.2 Å². The van der Waals surface area contributed by atoms with E-state index >= 15 is 0 Å². The van der Waals surface area contributed by atoms with E-state index in [1.165, 1.54) is 6.08 Å². The number of anilines is 1. The summed E-state index contributed by atoms with van der Waals surface area (Å²) in [6.07, 6.45) is 3.45. The number of nitrogens with zero attached hydrogens (tertiary/aromatic N) is 4. The minimum absolute atomic E-state index is 0.333. The molecular weight excluding hydrogens is 450 g/mol. The van der Waals surface area contributed by atoms with E-state index in [1.54, 1.807) is 18.3 Å². The number of hydrogen-bond acceptors (Lipinski definition) is 8. The summed E-state index contributed by atoms with van der Waals surface area (Å²) >= 11 is 1.60. The number of aryl methyl sites for hydroxylation is 1. The molecule has 0 spiro atoms. The van der Waals surface area contributed by atoms with E-state index in [4.69, 9.17) is 14.7 Å². The maximum Gasteiger partial charge on any atom is 0.275 e. The number of rotatable bonds is 8.